The number of hydrogen-bond donors (Lipinski definition) is 2. The number of phenolic OH excluding ortho intramolecular Hbond substituents is 1. The number of halogens is 2. The van der Waals surface area contributed by atoms with E-state index in [0.29, 0.717) is 12.1 Å². The Hall–Kier alpha value is -1.69. The highest BCUT2D eigenvalue weighted by atomic mass is 19.1. The molecule has 0 heterocycles. The predicted molar refractivity (Wildman–Crippen MR) is 67.7 cm³/mol. The number of aromatic hydroxyl groups is 1. The molecule has 0 spiro atoms. The van der Waals surface area contributed by atoms with Gasteiger partial charge in [-0.2, -0.15) is 0 Å². The van der Waals surface area contributed by atoms with Crippen molar-refractivity contribution in [2.45, 2.75) is 19.9 Å². The van der Waals surface area contributed by atoms with Crippen molar-refractivity contribution in [2.24, 2.45) is 0 Å². The number of phenols is 1. The van der Waals surface area contributed by atoms with Gasteiger partial charge in [0.25, 0.3) is 0 Å². The van der Waals surface area contributed by atoms with E-state index in [1.54, 1.807) is 4.90 Å². The summed E-state index contributed by atoms with van der Waals surface area (Å²) in [6, 6.07) is 2.15. The molecular formula is C13H18F2N2O2. The molecule has 106 valence electrons. The lowest BCUT2D eigenvalue weighted by Gasteiger charge is -2.20. The monoisotopic (exact) mass is 272 g/mol. The Labute approximate surface area is 111 Å². The Morgan fingerprint density at radius 2 is 1.95 bits per heavy atom. The fourth-order valence-corrected chi connectivity index (χ4v) is 1.78. The molecule has 0 saturated carbocycles. The lowest BCUT2D eigenvalue weighted by Crippen LogP contribution is -2.35. The summed E-state index contributed by atoms with van der Waals surface area (Å²) in [5, 5.41) is 11.5. The van der Waals surface area contributed by atoms with Gasteiger partial charge < -0.3 is 10.4 Å². The van der Waals surface area contributed by atoms with Crippen molar-refractivity contribution >= 4 is 5.91 Å². The minimum absolute atomic E-state index is 0.159. The van der Waals surface area contributed by atoms with Crippen LogP contribution in [0.15, 0.2) is 12.1 Å². The molecule has 1 rings (SSSR count). The molecule has 0 aliphatic heterocycles. The van der Waals surface area contributed by atoms with E-state index in [2.05, 4.69) is 5.32 Å². The van der Waals surface area contributed by atoms with Gasteiger partial charge >= 0.3 is 0 Å². The van der Waals surface area contributed by atoms with Crippen LogP contribution in [-0.2, 0) is 11.3 Å². The molecule has 0 unspecified atom stereocenters. The highest BCUT2D eigenvalue weighted by molar-refractivity contribution is 5.77. The second kappa shape index (κ2) is 7.04. The van der Waals surface area contributed by atoms with Gasteiger partial charge in [0.1, 0.15) is 0 Å². The summed E-state index contributed by atoms with van der Waals surface area (Å²) >= 11 is 0. The summed E-state index contributed by atoms with van der Waals surface area (Å²) in [7, 11) is 1.53. The van der Waals surface area contributed by atoms with E-state index >= 15 is 0 Å². The Morgan fingerprint density at radius 1 is 1.37 bits per heavy atom. The average molecular weight is 272 g/mol. The van der Waals surface area contributed by atoms with Crippen LogP contribution < -0.4 is 5.32 Å². The van der Waals surface area contributed by atoms with Crippen LogP contribution in [0.4, 0.5) is 8.78 Å². The van der Waals surface area contributed by atoms with Gasteiger partial charge in [0, 0.05) is 13.6 Å². The molecule has 0 radical (unpaired) electrons. The van der Waals surface area contributed by atoms with Crippen LogP contribution in [0, 0.1) is 11.6 Å². The molecule has 1 aromatic rings. The van der Waals surface area contributed by atoms with Crippen LogP contribution in [0.1, 0.15) is 18.9 Å². The number of rotatable bonds is 6. The van der Waals surface area contributed by atoms with Crippen LogP contribution in [0.2, 0.25) is 0 Å². The molecule has 19 heavy (non-hydrogen) atoms. The number of nitrogens with one attached hydrogen (secondary N) is 1. The highest BCUT2D eigenvalue weighted by Gasteiger charge is 2.13. The van der Waals surface area contributed by atoms with E-state index in [0.717, 1.165) is 18.6 Å². The lowest BCUT2D eigenvalue weighted by molar-refractivity contribution is -0.121. The molecule has 6 heteroatoms. The van der Waals surface area contributed by atoms with Gasteiger partial charge in [-0.1, -0.05) is 6.92 Å². The van der Waals surface area contributed by atoms with Crippen LogP contribution >= 0.6 is 0 Å². The van der Waals surface area contributed by atoms with Gasteiger partial charge in [0.05, 0.1) is 6.54 Å². The zero-order chi connectivity index (χ0) is 14.4. The minimum Gasteiger partial charge on any atom is -0.503 e. The standard InChI is InChI=1S/C13H18F2N2O2/c1-3-4-17(8-12(18)16-2)7-9-5-10(14)13(19)11(15)6-9/h5-6,19H,3-4,7-8H2,1-2H3,(H,16,18). The van der Waals surface area contributed by atoms with Crippen molar-refractivity contribution < 1.29 is 18.7 Å². The zero-order valence-corrected chi connectivity index (χ0v) is 11.0. The second-order valence-electron chi connectivity index (χ2n) is 4.29. The first-order valence-electron chi connectivity index (χ1n) is 6.07. The zero-order valence-electron chi connectivity index (χ0n) is 11.0. The van der Waals surface area contributed by atoms with Crippen molar-refractivity contribution in [3.63, 3.8) is 0 Å². The van der Waals surface area contributed by atoms with Gasteiger partial charge in [-0.15, -0.1) is 0 Å². The van der Waals surface area contributed by atoms with Gasteiger partial charge in [-0.05, 0) is 30.7 Å². The van der Waals surface area contributed by atoms with Gasteiger partial charge in [0.15, 0.2) is 17.4 Å². The molecule has 0 aliphatic carbocycles. The summed E-state index contributed by atoms with van der Waals surface area (Å²) in [6.07, 6.45) is 0.819. The highest BCUT2D eigenvalue weighted by Crippen LogP contribution is 2.22. The number of amides is 1. The topological polar surface area (TPSA) is 52.6 Å². The second-order valence-corrected chi connectivity index (χ2v) is 4.29. The van der Waals surface area contributed by atoms with E-state index in [9.17, 15) is 13.6 Å². The fraction of sp³-hybridized carbons (Fsp3) is 0.462. The molecule has 0 saturated heterocycles. The molecular weight excluding hydrogens is 254 g/mol. The Kier molecular flexibility index (Phi) is 5.69. The van der Waals surface area contributed by atoms with Gasteiger partial charge in [-0.25, -0.2) is 8.78 Å². The summed E-state index contributed by atoms with van der Waals surface area (Å²) in [5.74, 6) is -3.12. The number of likely N-dealkylation sites (N-methyl/N-ethyl adjacent to an activating group) is 1. The number of benzene rings is 1. The Morgan fingerprint density at radius 3 is 2.42 bits per heavy atom. The van der Waals surface area contributed by atoms with Crippen LogP contribution in [0.5, 0.6) is 5.75 Å². The van der Waals surface area contributed by atoms with Gasteiger partial charge in [0.2, 0.25) is 5.91 Å². The molecule has 0 atom stereocenters. The van der Waals surface area contributed by atoms with Gasteiger partial charge in [-0.3, -0.25) is 9.69 Å². The fourth-order valence-electron chi connectivity index (χ4n) is 1.78. The quantitative estimate of drug-likeness (QED) is 0.827. The van der Waals surface area contributed by atoms with Crippen molar-refractivity contribution in [1.29, 1.82) is 0 Å². The average Bonchev–Trinajstić information content (AvgIpc) is 2.36. The lowest BCUT2D eigenvalue weighted by atomic mass is 10.2. The van der Waals surface area contributed by atoms with Crippen LogP contribution in [0.25, 0.3) is 0 Å². The molecule has 1 amide bonds. The third kappa shape index (κ3) is 4.48. The predicted octanol–water partition coefficient (Wildman–Crippen LogP) is 1.63. The van der Waals surface area contributed by atoms with Crippen molar-refractivity contribution in [1.82, 2.24) is 10.2 Å². The summed E-state index contributed by atoms with van der Waals surface area (Å²) in [6.45, 7) is 3.00. The van der Waals surface area contributed by atoms with Crippen molar-refractivity contribution in [3.05, 3.63) is 29.3 Å². The minimum atomic E-state index is -0.994. The smallest absolute Gasteiger partial charge is 0.233 e. The molecule has 0 bridgehead atoms. The molecule has 2 N–H and O–H groups in total. The SMILES string of the molecule is CCCN(CC(=O)NC)Cc1cc(F)c(O)c(F)c1. The maximum Gasteiger partial charge on any atom is 0.233 e. The van der Waals surface area contributed by atoms with Crippen LogP contribution in [0.3, 0.4) is 0 Å². The maximum atomic E-state index is 13.2. The van der Waals surface area contributed by atoms with E-state index in [-0.39, 0.29) is 19.0 Å². The first kappa shape index (κ1) is 15.4. The number of nitrogens with zero attached hydrogens (tertiary/aromatic N) is 1. The van der Waals surface area contributed by atoms with E-state index in [1.165, 1.54) is 7.05 Å². The molecule has 4 nitrogen and oxygen atoms in total. The normalized spacial score (nSPS) is 10.8. The largest absolute Gasteiger partial charge is 0.503 e. The Bertz CT molecular complexity index is 429. The van der Waals surface area contributed by atoms with Crippen molar-refractivity contribution in [2.75, 3.05) is 20.1 Å². The molecule has 0 aromatic heterocycles. The first-order valence-corrected chi connectivity index (χ1v) is 6.07. The third-order valence-electron chi connectivity index (χ3n) is 2.67. The van der Waals surface area contributed by atoms with E-state index < -0.39 is 17.4 Å². The number of hydrogen-bond acceptors (Lipinski definition) is 3. The van der Waals surface area contributed by atoms with Crippen molar-refractivity contribution in [3.8, 4) is 5.75 Å². The molecule has 0 fully saturated rings. The number of carbonyl (C=O) groups is 1. The van der Waals surface area contributed by atoms with E-state index in [1.807, 2.05) is 6.92 Å². The van der Waals surface area contributed by atoms with E-state index in [4.69, 9.17) is 5.11 Å². The Balaban J connectivity index is 2.81. The molecule has 0 aliphatic rings. The third-order valence-corrected chi connectivity index (χ3v) is 2.67. The van der Waals surface area contributed by atoms with Crippen LogP contribution in [-0.4, -0.2) is 36.1 Å². The summed E-state index contributed by atoms with van der Waals surface area (Å²) < 4.78 is 26.4. The summed E-state index contributed by atoms with van der Waals surface area (Å²) in [5.41, 5.74) is 0.380. The number of carbonyl (C=O) groups excluding carboxylic acids is 1. The summed E-state index contributed by atoms with van der Waals surface area (Å²) in [4.78, 5) is 13.1. The first-order chi connectivity index (χ1) is 8.97. The molecule has 1 aromatic carbocycles. The maximum absolute atomic E-state index is 13.2.